The number of urea groups is 1. The van der Waals surface area contributed by atoms with Crippen LogP contribution in [0.25, 0.3) is 0 Å². The molecule has 2 amide bonds. The lowest BCUT2D eigenvalue weighted by Crippen LogP contribution is -2.47. The molecule has 0 spiro atoms. The number of likely N-dealkylation sites (tertiary alicyclic amines) is 1. The summed E-state index contributed by atoms with van der Waals surface area (Å²) in [7, 11) is 0. The lowest BCUT2D eigenvalue weighted by atomic mass is 9.89. The molecule has 0 aromatic rings. The van der Waals surface area contributed by atoms with Crippen molar-refractivity contribution in [1.82, 2.24) is 10.2 Å². The number of carboxylic acid groups (broad SMARTS) is 1. The maximum atomic E-state index is 12.1. The summed E-state index contributed by atoms with van der Waals surface area (Å²) < 4.78 is 0. The van der Waals surface area contributed by atoms with E-state index in [0.717, 1.165) is 32.4 Å². The van der Waals surface area contributed by atoms with Crippen molar-refractivity contribution in [1.29, 1.82) is 0 Å². The van der Waals surface area contributed by atoms with Gasteiger partial charge in [0.15, 0.2) is 0 Å². The van der Waals surface area contributed by atoms with Gasteiger partial charge in [0.05, 0.1) is 0 Å². The van der Waals surface area contributed by atoms with E-state index in [4.69, 9.17) is 5.11 Å². The summed E-state index contributed by atoms with van der Waals surface area (Å²) in [5.41, 5.74) is 0. The van der Waals surface area contributed by atoms with Crippen LogP contribution in [0, 0.1) is 17.8 Å². The molecule has 0 radical (unpaired) electrons. The third kappa shape index (κ3) is 6.36. The minimum atomic E-state index is -0.742. The molecule has 0 aromatic heterocycles. The Morgan fingerprint density at radius 1 is 1.29 bits per heavy atom. The molecular formula is C16H30N2O3. The number of carboxylic acids is 1. The molecule has 1 rings (SSSR count). The van der Waals surface area contributed by atoms with Crippen LogP contribution >= 0.6 is 0 Å². The summed E-state index contributed by atoms with van der Waals surface area (Å²) in [5.74, 6) is 0.883. The average Bonchev–Trinajstić information content (AvgIpc) is 2.45. The van der Waals surface area contributed by atoms with Gasteiger partial charge in [0.1, 0.15) is 0 Å². The first-order valence-electron chi connectivity index (χ1n) is 8.18. The second kappa shape index (κ2) is 8.90. The summed E-state index contributed by atoms with van der Waals surface area (Å²) >= 11 is 0. The number of carbonyl (C=O) groups excluding carboxylic acids is 1. The first kappa shape index (κ1) is 17.8. The van der Waals surface area contributed by atoms with Crippen molar-refractivity contribution in [3.8, 4) is 0 Å². The second-order valence-electron chi connectivity index (χ2n) is 6.42. The molecule has 2 N–H and O–H groups in total. The van der Waals surface area contributed by atoms with Crippen molar-refractivity contribution in [2.75, 3.05) is 19.6 Å². The number of nitrogens with one attached hydrogen (secondary N) is 1. The molecule has 1 heterocycles. The minimum Gasteiger partial charge on any atom is -0.481 e. The van der Waals surface area contributed by atoms with Gasteiger partial charge in [0.2, 0.25) is 0 Å². The standard InChI is InChI=1S/C16H30N2O3/c1-4-14(5-6-15(19)20)7-9-17-16(21)18-10-8-12(2)13(3)11-18/h12-14H,4-11H2,1-3H3,(H,17,21)(H,19,20). The summed E-state index contributed by atoms with van der Waals surface area (Å²) in [6.07, 6.45) is 3.80. The molecule has 3 atom stereocenters. The zero-order chi connectivity index (χ0) is 15.8. The third-order valence-electron chi connectivity index (χ3n) is 4.79. The summed E-state index contributed by atoms with van der Waals surface area (Å²) in [4.78, 5) is 24.6. The van der Waals surface area contributed by atoms with Gasteiger partial charge in [-0.25, -0.2) is 4.79 Å². The van der Waals surface area contributed by atoms with Gasteiger partial charge in [-0.3, -0.25) is 4.79 Å². The van der Waals surface area contributed by atoms with E-state index in [0.29, 0.717) is 30.7 Å². The molecule has 3 unspecified atom stereocenters. The molecular weight excluding hydrogens is 268 g/mol. The molecule has 1 fully saturated rings. The predicted molar refractivity (Wildman–Crippen MR) is 83.2 cm³/mol. The number of aliphatic carboxylic acids is 1. The molecule has 5 nitrogen and oxygen atoms in total. The van der Waals surface area contributed by atoms with Crippen LogP contribution in [-0.2, 0) is 4.79 Å². The first-order valence-corrected chi connectivity index (χ1v) is 8.18. The van der Waals surface area contributed by atoms with Crippen molar-refractivity contribution in [3.63, 3.8) is 0 Å². The van der Waals surface area contributed by atoms with E-state index >= 15 is 0 Å². The number of carbonyl (C=O) groups is 2. The predicted octanol–water partition coefficient (Wildman–Crippen LogP) is 2.96. The number of amides is 2. The largest absolute Gasteiger partial charge is 0.481 e. The molecule has 1 aliphatic rings. The Kier molecular flexibility index (Phi) is 7.54. The average molecular weight is 298 g/mol. The number of hydrogen-bond acceptors (Lipinski definition) is 2. The molecule has 0 aromatic carbocycles. The Labute approximate surface area is 128 Å². The van der Waals surface area contributed by atoms with Crippen LogP contribution in [0.15, 0.2) is 0 Å². The van der Waals surface area contributed by atoms with Gasteiger partial charge in [0.25, 0.3) is 0 Å². The Morgan fingerprint density at radius 2 is 2.00 bits per heavy atom. The van der Waals surface area contributed by atoms with Gasteiger partial charge in [-0.1, -0.05) is 27.2 Å². The number of piperidine rings is 1. The SMILES string of the molecule is CCC(CCNC(=O)N1CCC(C)C(C)C1)CCC(=O)O. The van der Waals surface area contributed by atoms with E-state index in [2.05, 4.69) is 26.1 Å². The minimum absolute atomic E-state index is 0.0295. The van der Waals surface area contributed by atoms with Gasteiger partial charge in [-0.2, -0.15) is 0 Å². The van der Waals surface area contributed by atoms with E-state index < -0.39 is 5.97 Å². The molecule has 0 aliphatic carbocycles. The fourth-order valence-corrected chi connectivity index (χ4v) is 2.82. The van der Waals surface area contributed by atoms with Crippen LogP contribution in [0.2, 0.25) is 0 Å². The lowest BCUT2D eigenvalue weighted by Gasteiger charge is -2.35. The maximum Gasteiger partial charge on any atom is 0.317 e. The fourth-order valence-electron chi connectivity index (χ4n) is 2.82. The van der Waals surface area contributed by atoms with Crippen LogP contribution in [-0.4, -0.2) is 41.6 Å². The van der Waals surface area contributed by atoms with E-state index in [-0.39, 0.29) is 12.5 Å². The monoisotopic (exact) mass is 298 g/mol. The molecule has 1 aliphatic heterocycles. The van der Waals surface area contributed by atoms with E-state index in [9.17, 15) is 9.59 Å². The molecule has 21 heavy (non-hydrogen) atoms. The smallest absolute Gasteiger partial charge is 0.317 e. The Hall–Kier alpha value is -1.26. The molecule has 122 valence electrons. The number of nitrogens with zero attached hydrogens (tertiary/aromatic N) is 1. The highest BCUT2D eigenvalue weighted by atomic mass is 16.4. The quantitative estimate of drug-likeness (QED) is 0.759. The van der Waals surface area contributed by atoms with Gasteiger partial charge in [-0.05, 0) is 37.0 Å². The Morgan fingerprint density at radius 3 is 2.57 bits per heavy atom. The number of rotatable bonds is 7. The van der Waals surface area contributed by atoms with Crippen LogP contribution < -0.4 is 5.32 Å². The first-order chi connectivity index (χ1) is 9.93. The Balaban J connectivity index is 2.24. The third-order valence-corrected chi connectivity index (χ3v) is 4.79. The normalized spacial score (nSPS) is 23.7. The highest BCUT2D eigenvalue weighted by Crippen LogP contribution is 2.22. The maximum absolute atomic E-state index is 12.1. The molecule has 0 bridgehead atoms. The van der Waals surface area contributed by atoms with Crippen LogP contribution in [0.1, 0.15) is 52.9 Å². The van der Waals surface area contributed by atoms with Crippen molar-refractivity contribution in [2.45, 2.75) is 52.9 Å². The summed E-state index contributed by atoms with van der Waals surface area (Å²) in [5, 5.41) is 11.7. The van der Waals surface area contributed by atoms with Crippen molar-refractivity contribution in [2.24, 2.45) is 17.8 Å². The van der Waals surface area contributed by atoms with E-state index in [1.807, 2.05) is 4.90 Å². The second-order valence-corrected chi connectivity index (χ2v) is 6.42. The van der Waals surface area contributed by atoms with Crippen molar-refractivity contribution in [3.05, 3.63) is 0 Å². The fraction of sp³-hybridized carbons (Fsp3) is 0.875. The number of hydrogen-bond donors (Lipinski definition) is 2. The van der Waals surface area contributed by atoms with Gasteiger partial charge < -0.3 is 15.3 Å². The van der Waals surface area contributed by atoms with Crippen molar-refractivity contribution < 1.29 is 14.7 Å². The Bertz CT molecular complexity index is 346. The van der Waals surface area contributed by atoms with Crippen LogP contribution in [0.3, 0.4) is 0 Å². The van der Waals surface area contributed by atoms with Crippen LogP contribution in [0.5, 0.6) is 0 Å². The topological polar surface area (TPSA) is 69.6 Å². The lowest BCUT2D eigenvalue weighted by molar-refractivity contribution is -0.137. The van der Waals surface area contributed by atoms with Gasteiger partial charge in [0, 0.05) is 26.1 Å². The van der Waals surface area contributed by atoms with Crippen LogP contribution in [0.4, 0.5) is 4.79 Å². The molecule has 0 saturated carbocycles. The molecule has 5 heteroatoms. The molecule has 1 saturated heterocycles. The summed E-state index contributed by atoms with van der Waals surface area (Å²) in [6, 6.07) is 0.0295. The summed E-state index contributed by atoms with van der Waals surface area (Å²) in [6.45, 7) is 8.83. The van der Waals surface area contributed by atoms with E-state index in [1.165, 1.54) is 0 Å². The van der Waals surface area contributed by atoms with Gasteiger partial charge in [-0.15, -0.1) is 0 Å². The highest BCUT2D eigenvalue weighted by Gasteiger charge is 2.25. The van der Waals surface area contributed by atoms with Gasteiger partial charge >= 0.3 is 12.0 Å². The van der Waals surface area contributed by atoms with E-state index in [1.54, 1.807) is 0 Å². The zero-order valence-corrected chi connectivity index (χ0v) is 13.6. The zero-order valence-electron chi connectivity index (χ0n) is 13.6. The highest BCUT2D eigenvalue weighted by molar-refractivity contribution is 5.74. The van der Waals surface area contributed by atoms with Crippen molar-refractivity contribution >= 4 is 12.0 Å².